The Morgan fingerprint density at radius 3 is 2.78 bits per heavy atom. The molecule has 146 valence electrons. The van der Waals surface area contributed by atoms with Crippen molar-refractivity contribution in [2.45, 2.75) is 18.9 Å². The number of benzene rings is 1. The number of nitrogens with one attached hydrogen (secondary N) is 1. The van der Waals surface area contributed by atoms with Crippen LogP contribution in [0.15, 0.2) is 29.6 Å². The van der Waals surface area contributed by atoms with E-state index >= 15 is 0 Å². The van der Waals surface area contributed by atoms with Gasteiger partial charge >= 0.3 is 0 Å². The van der Waals surface area contributed by atoms with Crippen molar-refractivity contribution >= 4 is 40.4 Å². The van der Waals surface area contributed by atoms with E-state index in [9.17, 15) is 0 Å². The highest BCUT2D eigenvalue weighted by Gasteiger charge is 2.32. The molecule has 1 N–H and O–H groups in total. The molecule has 1 aliphatic heterocycles. The van der Waals surface area contributed by atoms with Gasteiger partial charge in [0.15, 0.2) is 16.6 Å². The number of thiocarbonyl (C=S) groups is 1. The predicted molar refractivity (Wildman–Crippen MR) is 120 cm³/mol. The molecule has 1 atom stereocenters. The van der Waals surface area contributed by atoms with Crippen LogP contribution in [-0.2, 0) is 6.42 Å². The fourth-order valence-corrected chi connectivity index (χ4v) is 5.02. The number of methoxy groups -OCH3 is 2. The number of ether oxygens (including phenoxy) is 2. The average molecular weight is 423 g/mol. The smallest absolute Gasteiger partial charge is 0.169 e. The van der Waals surface area contributed by atoms with E-state index in [1.165, 1.54) is 16.0 Å². The molecule has 0 aliphatic carbocycles. The van der Waals surface area contributed by atoms with Gasteiger partial charge in [-0.3, -0.25) is 0 Å². The predicted octanol–water partition coefficient (Wildman–Crippen LogP) is 4.34. The number of hydrogen-bond donors (Lipinski definition) is 1. The van der Waals surface area contributed by atoms with E-state index in [0.717, 1.165) is 48.3 Å². The van der Waals surface area contributed by atoms with Gasteiger partial charge in [0.05, 0.1) is 20.3 Å². The Hall–Kier alpha value is -1.44. The molecule has 0 radical (unpaired) electrons. The van der Waals surface area contributed by atoms with Gasteiger partial charge in [-0.15, -0.1) is 11.3 Å². The van der Waals surface area contributed by atoms with Crippen LogP contribution in [0.2, 0.25) is 0 Å². The van der Waals surface area contributed by atoms with Gasteiger partial charge in [0.25, 0.3) is 0 Å². The zero-order chi connectivity index (χ0) is 19.2. The van der Waals surface area contributed by atoms with Crippen molar-refractivity contribution < 1.29 is 9.47 Å². The molecule has 0 saturated heterocycles. The lowest BCUT2D eigenvalue weighted by Crippen LogP contribution is -2.46. The van der Waals surface area contributed by atoms with Crippen LogP contribution in [0.1, 0.15) is 28.5 Å². The molecule has 0 bridgehead atoms. The van der Waals surface area contributed by atoms with Crippen LogP contribution in [0.5, 0.6) is 11.5 Å². The molecular weight excluding hydrogens is 396 g/mol. The first-order chi connectivity index (χ1) is 13.2. The standard InChI is InChI=1S/C20H26N2O2S3/c1-23-16-12-14-7-9-22(20(25)21-8-5-10-26-3)19(18-6-4-11-27-18)15(14)13-17(16)24-2/h4,6,11-13,19H,5,7-10H2,1-3H3,(H,21,25)/t19-/m0/s1. The highest BCUT2D eigenvalue weighted by atomic mass is 32.2. The van der Waals surface area contributed by atoms with Gasteiger partial charge in [-0.05, 0) is 71.8 Å². The van der Waals surface area contributed by atoms with E-state index in [0.29, 0.717) is 0 Å². The number of fused-ring (bicyclic) bond motifs is 1. The molecule has 1 aromatic carbocycles. The highest BCUT2D eigenvalue weighted by Crippen LogP contribution is 2.42. The minimum Gasteiger partial charge on any atom is -0.493 e. The number of thioether (sulfide) groups is 1. The van der Waals surface area contributed by atoms with Crippen molar-refractivity contribution in [2.75, 3.05) is 39.3 Å². The second-order valence-corrected chi connectivity index (χ2v) is 8.70. The lowest BCUT2D eigenvalue weighted by Gasteiger charge is -2.39. The summed E-state index contributed by atoms with van der Waals surface area (Å²) in [5.74, 6) is 2.69. The summed E-state index contributed by atoms with van der Waals surface area (Å²) in [5.41, 5.74) is 2.54. The molecular formula is C20H26N2O2S3. The van der Waals surface area contributed by atoms with Crippen molar-refractivity contribution in [1.82, 2.24) is 10.2 Å². The number of rotatable bonds is 7. The first-order valence-electron chi connectivity index (χ1n) is 9.01. The average Bonchev–Trinajstić information content (AvgIpc) is 3.23. The third-order valence-electron chi connectivity index (χ3n) is 4.75. The Bertz CT molecular complexity index is 765. The third kappa shape index (κ3) is 4.52. The fraction of sp³-hybridized carbons (Fsp3) is 0.450. The normalized spacial score (nSPS) is 16.0. The van der Waals surface area contributed by atoms with E-state index in [1.54, 1.807) is 25.6 Å². The first kappa shape index (κ1) is 20.3. The SMILES string of the molecule is COc1cc2c(cc1OC)[C@@H](c1cccs1)N(C(=S)NCCCSC)CC2. The molecule has 2 aromatic rings. The lowest BCUT2D eigenvalue weighted by atomic mass is 9.91. The van der Waals surface area contributed by atoms with Crippen molar-refractivity contribution in [2.24, 2.45) is 0 Å². The molecule has 0 spiro atoms. The first-order valence-corrected chi connectivity index (χ1v) is 11.7. The number of thiophene rings is 1. The van der Waals surface area contributed by atoms with Crippen molar-refractivity contribution in [1.29, 1.82) is 0 Å². The van der Waals surface area contributed by atoms with Crippen LogP contribution < -0.4 is 14.8 Å². The Kier molecular flexibility index (Phi) is 7.26. The maximum Gasteiger partial charge on any atom is 0.169 e. The van der Waals surface area contributed by atoms with Crippen molar-refractivity contribution in [3.63, 3.8) is 0 Å². The lowest BCUT2D eigenvalue weighted by molar-refractivity contribution is 0.327. The summed E-state index contributed by atoms with van der Waals surface area (Å²) in [6.07, 6.45) is 4.18. The van der Waals surface area contributed by atoms with Crippen LogP contribution in [0.25, 0.3) is 0 Å². The maximum atomic E-state index is 5.77. The summed E-state index contributed by atoms with van der Waals surface area (Å²) in [5, 5.41) is 6.40. The molecule has 2 heterocycles. The van der Waals surface area contributed by atoms with E-state index in [1.807, 2.05) is 11.8 Å². The second-order valence-electron chi connectivity index (χ2n) is 6.35. The fourth-order valence-electron chi connectivity index (χ4n) is 3.43. The molecule has 7 heteroatoms. The van der Waals surface area contributed by atoms with E-state index in [2.05, 4.69) is 46.1 Å². The van der Waals surface area contributed by atoms with Gasteiger partial charge in [0.2, 0.25) is 0 Å². The molecule has 0 amide bonds. The van der Waals surface area contributed by atoms with Gasteiger partial charge in [0.1, 0.15) is 0 Å². The van der Waals surface area contributed by atoms with Crippen molar-refractivity contribution in [3.8, 4) is 11.5 Å². The van der Waals surface area contributed by atoms with E-state index < -0.39 is 0 Å². The zero-order valence-electron chi connectivity index (χ0n) is 16.0. The highest BCUT2D eigenvalue weighted by molar-refractivity contribution is 7.98. The maximum absolute atomic E-state index is 5.77. The van der Waals surface area contributed by atoms with E-state index in [4.69, 9.17) is 21.7 Å². The zero-order valence-corrected chi connectivity index (χ0v) is 18.4. The minimum atomic E-state index is 0.106. The second kappa shape index (κ2) is 9.66. The molecule has 1 aliphatic rings. The van der Waals surface area contributed by atoms with Gasteiger partial charge in [-0.1, -0.05) is 6.07 Å². The molecule has 0 unspecified atom stereocenters. The van der Waals surface area contributed by atoms with Gasteiger partial charge < -0.3 is 19.7 Å². The molecule has 4 nitrogen and oxygen atoms in total. The molecule has 3 rings (SSSR count). The summed E-state index contributed by atoms with van der Waals surface area (Å²) >= 11 is 9.40. The number of hydrogen-bond acceptors (Lipinski definition) is 5. The van der Waals surface area contributed by atoms with E-state index in [-0.39, 0.29) is 6.04 Å². The largest absolute Gasteiger partial charge is 0.493 e. The monoisotopic (exact) mass is 422 g/mol. The summed E-state index contributed by atoms with van der Waals surface area (Å²) in [4.78, 5) is 3.60. The van der Waals surface area contributed by atoms with Crippen LogP contribution in [0, 0.1) is 0 Å². The summed E-state index contributed by atoms with van der Waals surface area (Å²) in [6.45, 7) is 1.80. The van der Waals surface area contributed by atoms with Crippen LogP contribution in [-0.4, -0.2) is 49.3 Å². The van der Waals surface area contributed by atoms with Gasteiger partial charge in [-0.25, -0.2) is 0 Å². The molecule has 1 aromatic heterocycles. The van der Waals surface area contributed by atoms with Crippen molar-refractivity contribution in [3.05, 3.63) is 45.6 Å². The Morgan fingerprint density at radius 1 is 1.33 bits per heavy atom. The minimum absolute atomic E-state index is 0.106. The number of nitrogens with zero attached hydrogens (tertiary/aromatic N) is 1. The Labute approximate surface area is 175 Å². The van der Waals surface area contributed by atoms with Crippen LogP contribution >= 0.6 is 35.3 Å². The summed E-state index contributed by atoms with van der Waals surface area (Å²) in [7, 11) is 3.37. The Morgan fingerprint density at radius 2 is 2.11 bits per heavy atom. The molecule has 27 heavy (non-hydrogen) atoms. The van der Waals surface area contributed by atoms with Gasteiger partial charge in [0, 0.05) is 18.0 Å². The summed E-state index contributed by atoms with van der Waals surface area (Å²) in [6, 6.07) is 8.61. The molecule has 0 fully saturated rings. The van der Waals surface area contributed by atoms with Gasteiger partial charge in [-0.2, -0.15) is 11.8 Å². The molecule has 0 saturated carbocycles. The quantitative estimate of drug-likeness (QED) is 0.528. The van der Waals surface area contributed by atoms with Crippen LogP contribution in [0.3, 0.4) is 0 Å². The summed E-state index contributed by atoms with van der Waals surface area (Å²) < 4.78 is 11.1. The third-order valence-corrected chi connectivity index (χ3v) is 6.75. The Balaban J connectivity index is 1.92. The topological polar surface area (TPSA) is 33.7 Å². The van der Waals surface area contributed by atoms with Crippen LogP contribution in [0.4, 0.5) is 0 Å².